The molecule has 2 N–H and O–H groups in total. The highest BCUT2D eigenvalue weighted by molar-refractivity contribution is 6.04. The Balaban J connectivity index is 1.54. The summed E-state index contributed by atoms with van der Waals surface area (Å²) in [6.07, 6.45) is 1.70. The summed E-state index contributed by atoms with van der Waals surface area (Å²) >= 11 is 0. The van der Waals surface area contributed by atoms with Crippen molar-refractivity contribution >= 4 is 22.6 Å². The lowest BCUT2D eigenvalue weighted by molar-refractivity contribution is 0.0998. The number of aromatic amines is 1. The maximum absolute atomic E-state index is 12.3. The fourth-order valence-corrected chi connectivity index (χ4v) is 2.44. The number of fused-ring (bicyclic) bond motifs is 1. The van der Waals surface area contributed by atoms with Crippen LogP contribution in [0.2, 0.25) is 0 Å². The second-order valence-electron chi connectivity index (χ2n) is 5.15. The predicted molar refractivity (Wildman–Crippen MR) is 88.2 cm³/mol. The molecule has 5 nitrogen and oxygen atoms in total. The van der Waals surface area contributed by atoms with Gasteiger partial charge < -0.3 is 9.73 Å². The number of benzene rings is 2. The van der Waals surface area contributed by atoms with Gasteiger partial charge in [-0.1, -0.05) is 30.3 Å². The van der Waals surface area contributed by atoms with Gasteiger partial charge in [-0.15, -0.1) is 0 Å². The SMILES string of the molecule is O=C(Nc1ccc(-c2ccn[nH]2)cc1)c1cc2ccccc2o1. The Morgan fingerprint density at radius 3 is 2.61 bits per heavy atom. The van der Waals surface area contributed by atoms with Crippen LogP contribution in [0.4, 0.5) is 5.69 Å². The third kappa shape index (κ3) is 2.60. The number of aromatic nitrogens is 2. The van der Waals surface area contributed by atoms with Gasteiger partial charge in [-0.05, 0) is 35.9 Å². The van der Waals surface area contributed by atoms with Crippen molar-refractivity contribution in [3.8, 4) is 11.3 Å². The minimum Gasteiger partial charge on any atom is -0.451 e. The van der Waals surface area contributed by atoms with Gasteiger partial charge in [0.25, 0.3) is 5.91 Å². The maximum atomic E-state index is 12.3. The highest BCUT2D eigenvalue weighted by Gasteiger charge is 2.12. The van der Waals surface area contributed by atoms with E-state index in [9.17, 15) is 4.79 Å². The summed E-state index contributed by atoms with van der Waals surface area (Å²) < 4.78 is 5.56. The fraction of sp³-hybridized carbons (Fsp3) is 0. The number of carbonyl (C=O) groups excluding carboxylic acids is 1. The quantitative estimate of drug-likeness (QED) is 0.599. The lowest BCUT2D eigenvalue weighted by Gasteiger charge is -2.04. The van der Waals surface area contributed by atoms with Crippen LogP contribution in [0.1, 0.15) is 10.6 Å². The average molecular weight is 303 g/mol. The van der Waals surface area contributed by atoms with Crippen LogP contribution in [0.5, 0.6) is 0 Å². The number of nitrogens with one attached hydrogen (secondary N) is 2. The van der Waals surface area contributed by atoms with Crippen LogP contribution >= 0.6 is 0 Å². The van der Waals surface area contributed by atoms with E-state index >= 15 is 0 Å². The number of rotatable bonds is 3. The Labute approximate surface area is 131 Å². The van der Waals surface area contributed by atoms with Crippen molar-refractivity contribution in [2.45, 2.75) is 0 Å². The van der Waals surface area contributed by atoms with E-state index in [0.717, 1.165) is 16.6 Å². The second kappa shape index (κ2) is 5.46. The third-order valence-electron chi connectivity index (χ3n) is 3.60. The fourth-order valence-electron chi connectivity index (χ4n) is 2.44. The Morgan fingerprint density at radius 1 is 1.04 bits per heavy atom. The van der Waals surface area contributed by atoms with Gasteiger partial charge in [0.05, 0.1) is 5.69 Å². The monoisotopic (exact) mass is 303 g/mol. The van der Waals surface area contributed by atoms with Gasteiger partial charge in [0.15, 0.2) is 5.76 Å². The number of para-hydroxylation sites is 1. The molecule has 4 aromatic rings. The minimum absolute atomic E-state index is 0.268. The first-order valence-corrected chi connectivity index (χ1v) is 7.19. The summed E-state index contributed by atoms with van der Waals surface area (Å²) in [4.78, 5) is 12.3. The van der Waals surface area contributed by atoms with Crippen molar-refractivity contribution in [2.24, 2.45) is 0 Å². The van der Waals surface area contributed by atoms with Crippen LogP contribution < -0.4 is 5.32 Å². The van der Waals surface area contributed by atoms with E-state index in [0.29, 0.717) is 17.0 Å². The summed E-state index contributed by atoms with van der Waals surface area (Å²) in [5, 5.41) is 10.6. The normalized spacial score (nSPS) is 10.8. The molecule has 0 saturated heterocycles. The first kappa shape index (κ1) is 13.3. The summed E-state index contributed by atoms with van der Waals surface area (Å²) in [5.41, 5.74) is 3.34. The Bertz CT molecular complexity index is 921. The molecular weight excluding hydrogens is 290 g/mol. The molecule has 4 rings (SSSR count). The molecule has 0 bridgehead atoms. The number of H-pyrrole nitrogens is 1. The molecule has 0 radical (unpaired) electrons. The van der Waals surface area contributed by atoms with Crippen molar-refractivity contribution in [2.75, 3.05) is 5.32 Å². The second-order valence-corrected chi connectivity index (χ2v) is 5.15. The zero-order valence-electron chi connectivity index (χ0n) is 12.1. The highest BCUT2D eigenvalue weighted by atomic mass is 16.3. The topological polar surface area (TPSA) is 70.9 Å². The van der Waals surface area contributed by atoms with Gasteiger partial charge in [-0.3, -0.25) is 9.89 Å². The van der Waals surface area contributed by atoms with E-state index in [1.807, 2.05) is 54.6 Å². The van der Waals surface area contributed by atoms with Crippen LogP contribution in [-0.2, 0) is 0 Å². The van der Waals surface area contributed by atoms with Crippen LogP contribution in [0.3, 0.4) is 0 Å². The van der Waals surface area contributed by atoms with Crippen molar-refractivity contribution < 1.29 is 9.21 Å². The molecule has 2 heterocycles. The number of furan rings is 1. The minimum atomic E-state index is -0.268. The Kier molecular flexibility index (Phi) is 3.16. The molecule has 23 heavy (non-hydrogen) atoms. The summed E-state index contributed by atoms with van der Waals surface area (Å²) in [7, 11) is 0. The smallest absolute Gasteiger partial charge is 0.291 e. The first-order valence-electron chi connectivity index (χ1n) is 7.19. The van der Waals surface area contributed by atoms with E-state index in [2.05, 4.69) is 15.5 Å². The van der Waals surface area contributed by atoms with Gasteiger partial charge in [-0.2, -0.15) is 5.10 Å². The summed E-state index contributed by atoms with van der Waals surface area (Å²) in [6.45, 7) is 0. The summed E-state index contributed by atoms with van der Waals surface area (Å²) in [5.74, 6) is 0.0272. The number of hydrogen-bond acceptors (Lipinski definition) is 3. The predicted octanol–water partition coefficient (Wildman–Crippen LogP) is 4.08. The lowest BCUT2D eigenvalue weighted by Crippen LogP contribution is -2.10. The lowest BCUT2D eigenvalue weighted by atomic mass is 10.1. The van der Waals surface area contributed by atoms with Crippen LogP contribution in [0.25, 0.3) is 22.2 Å². The average Bonchev–Trinajstić information content (AvgIpc) is 3.25. The van der Waals surface area contributed by atoms with E-state index in [-0.39, 0.29) is 5.91 Å². The van der Waals surface area contributed by atoms with Gasteiger partial charge in [0.1, 0.15) is 5.58 Å². The van der Waals surface area contributed by atoms with Crippen LogP contribution in [0.15, 0.2) is 71.3 Å². The molecule has 0 aliphatic rings. The Hall–Kier alpha value is -3.34. The molecule has 0 unspecified atom stereocenters. The van der Waals surface area contributed by atoms with Crippen molar-refractivity contribution in [1.29, 1.82) is 0 Å². The molecule has 0 aliphatic carbocycles. The molecule has 5 heteroatoms. The Morgan fingerprint density at radius 2 is 1.87 bits per heavy atom. The standard InChI is InChI=1S/C18H13N3O2/c22-18(17-11-13-3-1-2-4-16(13)23-17)20-14-7-5-12(6-8-14)15-9-10-19-21-15/h1-11H,(H,19,21)(H,20,22). The number of nitrogens with zero attached hydrogens (tertiary/aromatic N) is 1. The van der Waals surface area contributed by atoms with Crippen molar-refractivity contribution in [1.82, 2.24) is 10.2 Å². The molecule has 0 aliphatic heterocycles. The molecule has 0 spiro atoms. The largest absolute Gasteiger partial charge is 0.451 e. The number of hydrogen-bond donors (Lipinski definition) is 2. The molecule has 2 aromatic heterocycles. The number of carbonyl (C=O) groups is 1. The third-order valence-corrected chi connectivity index (χ3v) is 3.60. The summed E-state index contributed by atoms with van der Waals surface area (Å²) in [6, 6.07) is 18.7. The van der Waals surface area contributed by atoms with Crippen LogP contribution in [0, 0.1) is 0 Å². The molecule has 0 atom stereocenters. The molecule has 0 fully saturated rings. The highest BCUT2D eigenvalue weighted by Crippen LogP contribution is 2.22. The number of anilines is 1. The van der Waals surface area contributed by atoms with Gasteiger partial charge >= 0.3 is 0 Å². The van der Waals surface area contributed by atoms with Gasteiger partial charge in [-0.25, -0.2) is 0 Å². The van der Waals surface area contributed by atoms with E-state index < -0.39 is 0 Å². The zero-order chi connectivity index (χ0) is 15.6. The maximum Gasteiger partial charge on any atom is 0.291 e. The van der Waals surface area contributed by atoms with Gasteiger partial charge in [0.2, 0.25) is 0 Å². The van der Waals surface area contributed by atoms with E-state index in [4.69, 9.17) is 4.42 Å². The van der Waals surface area contributed by atoms with Crippen LogP contribution in [-0.4, -0.2) is 16.1 Å². The molecule has 1 amide bonds. The molecule has 0 saturated carbocycles. The van der Waals surface area contributed by atoms with Gasteiger partial charge in [0, 0.05) is 17.3 Å². The molecule has 112 valence electrons. The van der Waals surface area contributed by atoms with E-state index in [1.54, 1.807) is 12.3 Å². The van der Waals surface area contributed by atoms with Crippen molar-refractivity contribution in [3.05, 3.63) is 72.6 Å². The first-order chi connectivity index (χ1) is 11.3. The number of amides is 1. The van der Waals surface area contributed by atoms with E-state index in [1.165, 1.54) is 0 Å². The zero-order valence-corrected chi connectivity index (χ0v) is 12.1. The van der Waals surface area contributed by atoms with Crippen molar-refractivity contribution in [3.63, 3.8) is 0 Å². The molecular formula is C18H13N3O2. The molecule has 2 aromatic carbocycles.